The molecule has 0 bridgehead atoms. The van der Waals surface area contributed by atoms with Crippen molar-refractivity contribution in [1.29, 1.82) is 0 Å². The molecule has 2 amide bonds. The summed E-state index contributed by atoms with van der Waals surface area (Å²) in [6.45, 7) is 6.04. The summed E-state index contributed by atoms with van der Waals surface area (Å²) in [7, 11) is 0. The molecule has 0 saturated carbocycles. The SMILES string of the molecule is CC(C)CNC(=O)CNC(=O)C1(CN)CCOCC1. The van der Waals surface area contributed by atoms with Crippen LogP contribution in [0.25, 0.3) is 0 Å². The van der Waals surface area contributed by atoms with E-state index in [4.69, 9.17) is 10.5 Å². The largest absolute Gasteiger partial charge is 0.381 e. The fourth-order valence-electron chi connectivity index (χ4n) is 2.01. The van der Waals surface area contributed by atoms with Crippen molar-refractivity contribution in [2.45, 2.75) is 26.7 Å². The first kappa shape index (κ1) is 15.9. The van der Waals surface area contributed by atoms with Crippen molar-refractivity contribution in [2.75, 3.05) is 32.8 Å². The molecule has 0 aromatic heterocycles. The van der Waals surface area contributed by atoms with Gasteiger partial charge >= 0.3 is 0 Å². The van der Waals surface area contributed by atoms with Crippen molar-refractivity contribution < 1.29 is 14.3 Å². The van der Waals surface area contributed by atoms with Crippen LogP contribution in [0.1, 0.15) is 26.7 Å². The van der Waals surface area contributed by atoms with E-state index >= 15 is 0 Å². The lowest BCUT2D eigenvalue weighted by Crippen LogP contribution is -2.51. The standard InChI is InChI=1S/C13H25N3O3/c1-10(2)7-15-11(17)8-16-12(18)13(9-14)3-5-19-6-4-13/h10H,3-9,14H2,1-2H3,(H,15,17)(H,16,18). The molecule has 0 atom stereocenters. The zero-order chi connectivity index (χ0) is 14.3. The van der Waals surface area contributed by atoms with Gasteiger partial charge in [0.15, 0.2) is 0 Å². The molecule has 0 unspecified atom stereocenters. The van der Waals surface area contributed by atoms with Crippen molar-refractivity contribution in [2.24, 2.45) is 17.1 Å². The Morgan fingerprint density at radius 1 is 1.26 bits per heavy atom. The number of hydrogen-bond acceptors (Lipinski definition) is 4. The van der Waals surface area contributed by atoms with Gasteiger partial charge in [-0.25, -0.2) is 0 Å². The summed E-state index contributed by atoms with van der Waals surface area (Å²) >= 11 is 0. The fourth-order valence-corrected chi connectivity index (χ4v) is 2.01. The number of carbonyl (C=O) groups excluding carboxylic acids is 2. The van der Waals surface area contributed by atoms with E-state index in [1.165, 1.54) is 0 Å². The lowest BCUT2D eigenvalue weighted by atomic mass is 9.79. The maximum atomic E-state index is 12.2. The van der Waals surface area contributed by atoms with E-state index in [9.17, 15) is 9.59 Å². The van der Waals surface area contributed by atoms with Gasteiger partial charge in [0.2, 0.25) is 11.8 Å². The van der Waals surface area contributed by atoms with Crippen LogP contribution >= 0.6 is 0 Å². The number of amides is 2. The van der Waals surface area contributed by atoms with Crippen LogP contribution in [0.5, 0.6) is 0 Å². The normalized spacial score (nSPS) is 18.1. The molecular formula is C13H25N3O3. The summed E-state index contributed by atoms with van der Waals surface area (Å²) in [6.07, 6.45) is 1.23. The van der Waals surface area contributed by atoms with Crippen molar-refractivity contribution in [1.82, 2.24) is 10.6 Å². The maximum Gasteiger partial charge on any atom is 0.239 e. The Bertz CT molecular complexity index is 312. The molecular weight excluding hydrogens is 246 g/mol. The van der Waals surface area contributed by atoms with Gasteiger partial charge in [-0.3, -0.25) is 9.59 Å². The molecule has 1 saturated heterocycles. The van der Waals surface area contributed by atoms with Crippen LogP contribution in [0.4, 0.5) is 0 Å². The minimum atomic E-state index is -0.573. The molecule has 0 radical (unpaired) electrons. The van der Waals surface area contributed by atoms with Crippen LogP contribution in [0.15, 0.2) is 0 Å². The molecule has 0 aromatic carbocycles. The third-order valence-corrected chi connectivity index (χ3v) is 3.44. The van der Waals surface area contributed by atoms with Gasteiger partial charge in [-0.05, 0) is 18.8 Å². The lowest BCUT2D eigenvalue weighted by Gasteiger charge is -2.34. The van der Waals surface area contributed by atoms with E-state index in [1.54, 1.807) is 0 Å². The average molecular weight is 271 g/mol. The molecule has 0 aromatic rings. The molecule has 0 aliphatic carbocycles. The topological polar surface area (TPSA) is 93.5 Å². The molecule has 1 fully saturated rings. The van der Waals surface area contributed by atoms with Gasteiger partial charge in [0.25, 0.3) is 0 Å². The van der Waals surface area contributed by atoms with Crippen LogP contribution in [0, 0.1) is 11.3 Å². The molecule has 0 spiro atoms. The first-order chi connectivity index (χ1) is 9.00. The molecule has 1 rings (SSSR count). The quantitative estimate of drug-likeness (QED) is 0.614. The summed E-state index contributed by atoms with van der Waals surface area (Å²) in [5.41, 5.74) is 5.15. The number of nitrogens with two attached hydrogens (primary N) is 1. The van der Waals surface area contributed by atoms with Crippen molar-refractivity contribution in [3.8, 4) is 0 Å². The summed E-state index contributed by atoms with van der Waals surface area (Å²) in [4.78, 5) is 23.7. The zero-order valence-electron chi connectivity index (χ0n) is 11.8. The Kier molecular flexibility index (Phi) is 6.24. The third kappa shape index (κ3) is 4.80. The van der Waals surface area contributed by atoms with Gasteiger partial charge in [0.1, 0.15) is 0 Å². The molecule has 6 heteroatoms. The average Bonchev–Trinajstić information content (AvgIpc) is 2.43. The molecule has 110 valence electrons. The van der Waals surface area contributed by atoms with E-state index in [0.29, 0.717) is 38.5 Å². The van der Waals surface area contributed by atoms with Crippen LogP contribution in [0.2, 0.25) is 0 Å². The Morgan fingerprint density at radius 2 is 1.89 bits per heavy atom. The first-order valence-corrected chi connectivity index (χ1v) is 6.83. The predicted octanol–water partition coefficient (Wildman–Crippen LogP) is -0.370. The zero-order valence-corrected chi connectivity index (χ0v) is 11.8. The smallest absolute Gasteiger partial charge is 0.239 e. The minimum Gasteiger partial charge on any atom is -0.381 e. The molecule has 1 aliphatic heterocycles. The second-order valence-electron chi connectivity index (χ2n) is 5.48. The Balaban J connectivity index is 2.38. The van der Waals surface area contributed by atoms with Gasteiger partial charge in [-0.15, -0.1) is 0 Å². The summed E-state index contributed by atoms with van der Waals surface area (Å²) in [5, 5.41) is 5.44. The molecule has 19 heavy (non-hydrogen) atoms. The van der Waals surface area contributed by atoms with E-state index in [1.807, 2.05) is 13.8 Å². The van der Waals surface area contributed by atoms with Gasteiger partial charge < -0.3 is 21.1 Å². The highest BCUT2D eigenvalue weighted by Crippen LogP contribution is 2.29. The van der Waals surface area contributed by atoms with E-state index in [0.717, 1.165) is 0 Å². The Hall–Kier alpha value is -1.14. The minimum absolute atomic E-state index is 0.00810. The lowest BCUT2D eigenvalue weighted by molar-refractivity contribution is -0.137. The van der Waals surface area contributed by atoms with Crippen molar-refractivity contribution >= 4 is 11.8 Å². The highest BCUT2D eigenvalue weighted by Gasteiger charge is 2.38. The Labute approximate surface area is 114 Å². The maximum absolute atomic E-state index is 12.2. The predicted molar refractivity (Wildman–Crippen MR) is 72.4 cm³/mol. The van der Waals surface area contributed by atoms with Gasteiger partial charge in [0, 0.05) is 26.3 Å². The van der Waals surface area contributed by atoms with Crippen molar-refractivity contribution in [3.63, 3.8) is 0 Å². The van der Waals surface area contributed by atoms with E-state index in [2.05, 4.69) is 10.6 Å². The van der Waals surface area contributed by atoms with E-state index < -0.39 is 5.41 Å². The van der Waals surface area contributed by atoms with E-state index in [-0.39, 0.29) is 24.9 Å². The van der Waals surface area contributed by atoms with Crippen molar-refractivity contribution in [3.05, 3.63) is 0 Å². The fraction of sp³-hybridized carbons (Fsp3) is 0.846. The highest BCUT2D eigenvalue weighted by molar-refractivity contribution is 5.88. The molecule has 4 N–H and O–H groups in total. The molecule has 1 aliphatic rings. The first-order valence-electron chi connectivity index (χ1n) is 6.83. The van der Waals surface area contributed by atoms with Gasteiger partial charge in [0.05, 0.1) is 12.0 Å². The Morgan fingerprint density at radius 3 is 2.42 bits per heavy atom. The van der Waals surface area contributed by atoms with Crippen LogP contribution in [0.3, 0.4) is 0 Å². The number of carbonyl (C=O) groups is 2. The summed E-state index contributed by atoms with van der Waals surface area (Å²) in [6, 6.07) is 0. The molecule has 1 heterocycles. The second-order valence-corrected chi connectivity index (χ2v) is 5.48. The summed E-state index contributed by atoms with van der Waals surface area (Å²) < 4.78 is 5.25. The monoisotopic (exact) mass is 271 g/mol. The summed E-state index contributed by atoms with van der Waals surface area (Å²) in [5.74, 6) is 0.0878. The van der Waals surface area contributed by atoms with Crippen LogP contribution < -0.4 is 16.4 Å². The molecule has 6 nitrogen and oxygen atoms in total. The number of ether oxygens (including phenoxy) is 1. The highest BCUT2D eigenvalue weighted by atomic mass is 16.5. The van der Waals surface area contributed by atoms with Crippen LogP contribution in [-0.2, 0) is 14.3 Å². The number of rotatable bonds is 6. The van der Waals surface area contributed by atoms with Gasteiger partial charge in [-0.2, -0.15) is 0 Å². The second kappa shape index (κ2) is 7.45. The van der Waals surface area contributed by atoms with Gasteiger partial charge in [-0.1, -0.05) is 13.8 Å². The van der Waals surface area contributed by atoms with Crippen LogP contribution in [-0.4, -0.2) is 44.7 Å². The third-order valence-electron chi connectivity index (χ3n) is 3.44. The number of hydrogen-bond donors (Lipinski definition) is 3. The number of nitrogens with one attached hydrogen (secondary N) is 2.